The highest BCUT2D eigenvalue weighted by molar-refractivity contribution is 6.14. The second-order valence-corrected chi connectivity index (χ2v) is 3.62. The lowest BCUT2D eigenvalue weighted by Crippen LogP contribution is -2.06. The normalized spacial score (nSPS) is 10.1. The van der Waals surface area contributed by atoms with Crippen LogP contribution in [0.2, 0.25) is 0 Å². The predicted molar refractivity (Wildman–Crippen MR) is 87.7 cm³/mol. The summed E-state index contributed by atoms with van der Waals surface area (Å²) in [5.74, 6) is 0. The van der Waals surface area contributed by atoms with E-state index in [-0.39, 0.29) is 0 Å². The highest BCUT2D eigenvalue weighted by Gasteiger charge is 2.07. The first kappa shape index (κ1) is 19.6. The van der Waals surface area contributed by atoms with Gasteiger partial charge in [0.15, 0.2) is 0 Å². The van der Waals surface area contributed by atoms with E-state index in [4.69, 9.17) is 10.8 Å². The maximum atomic E-state index is 8.00. The SMILES string of the molecule is CC.CC.CC(=N)/C(C)=C(/C)C(=N)c1ccccc1. The Hall–Kier alpha value is -1.70. The predicted octanol–water partition coefficient (Wildman–Crippen LogP) is 5.48. The number of rotatable bonds is 3. The molecule has 1 aromatic rings. The van der Waals surface area contributed by atoms with Gasteiger partial charge < -0.3 is 5.41 Å². The molecule has 2 N–H and O–H groups in total. The molecule has 1 rings (SSSR count). The summed E-state index contributed by atoms with van der Waals surface area (Å²) in [4.78, 5) is 0. The molecular formula is C17H28N2. The van der Waals surface area contributed by atoms with E-state index in [2.05, 4.69) is 0 Å². The summed E-state index contributed by atoms with van der Waals surface area (Å²) < 4.78 is 0. The van der Waals surface area contributed by atoms with Gasteiger partial charge in [0.2, 0.25) is 0 Å². The molecule has 1 aromatic carbocycles. The highest BCUT2D eigenvalue weighted by Crippen LogP contribution is 2.12. The van der Waals surface area contributed by atoms with Gasteiger partial charge in [-0.15, -0.1) is 0 Å². The van der Waals surface area contributed by atoms with Gasteiger partial charge in [-0.2, -0.15) is 0 Å². The molecule has 0 aliphatic rings. The van der Waals surface area contributed by atoms with E-state index in [9.17, 15) is 0 Å². The minimum Gasteiger partial charge on any atom is -0.305 e. The van der Waals surface area contributed by atoms with Gasteiger partial charge in [0.05, 0.1) is 5.71 Å². The van der Waals surface area contributed by atoms with Crippen LogP contribution < -0.4 is 0 Å². The zero-order valence-corrected chi connectivity index (χ0v) is 13.4. The van der Waals surface area contributed by atoms with Crippen LogP contribution in [0, 0.1) is 10.8 Å². The van der Waals surface area contributed by atoms with Crippen LogP contribution in [0.4, 0.5) is 0 Å². The number of benzene rings is 1. The lowest BCUT2D eigenvalue weighted by Gasteiger charge is -2.08. The van der Waals surface area contributed by atoms with Crippen LogP contribution in [0.25, 0.3) is 0 Å². The maximum absolute atomic E-state index is 8.00. The van der Waals surface area contributed by atoms with E-state index in [0.29, 0.717) is 11.4 Å². The molecule has 0 spiro atoms. The Balaban J connectivity index is 0. The molecule has 106 valence electrons. The van der Waals surface area contributed by atoms with Crippen LogP contribution in [0.5, 0.6) is 0 Å². The van der Waals surface area contributed by atoms with Crippen molar-refractivity contribution >= 4 is 11.4 Å². The van der Waals surface area contributed by atoms with Crippen molar-refractivity contribution in [3.05, 3.63) is 47.0 Å². The summed E-state index contributed by atoms with van der Waals surface area (Å²) in [6.07, 6.45) is 0. The molecule has 0 aliphatic heterocycles. The van der Waals surface area contributed by atoms with Crippen LogP contribution in [-0.4, -0.2) is 11.4 Å². The number of hydrogen-bond acceptors (Lipinski definition) is 2. The molecule has 0 fully saturated rings. The van der Waals surface area contributed by atoms with E-state index in [1.165, 1.54) is 0 Å². The quantitative estimate of drug-likeness (QED) is 0.676. The molecule has 0 bridgehead atoms. The van der Waals surface area contributed by atoms with Gasteiger partial charge in [0, 0.05) is 5.71 Å². The van der Waals surface area contributed by atoms with Crippen molar-refractivity contribution in [3.63, 3.8) is 0 Å². The molecule has 0 heterocycles. The monoisotopic (exact) mass is 260 g/mol. The average molecular weight is 260 g/mol. The lowest BCUT2D eigenvalue weighted by atomic mass is 9.98. The van der Waals surface area contributed by atoms with Gasteiger partial charge in [-0.25, -0.2) is 0 Å². The van der Waals surface area contributed by atoms with E-state index in [1.807, 2.05) is 71.9 Å². The van der Waals surface area contributed by atoms with Crippen LogP contribution in [0.15, 0.2) is 41.5 Å². The third-order valence-electron chi connectivity index (χ3n) is 2.56. The first-order valence-corrected chi connectivity index (χ1v) is 6.91. The first-order valence-electron chi connectivity index (χ1n) is 6.91. The molecule has 0 radical (unpaired) electrons. The third kappa shape index (κ3) is 6.70. The van der Waals surface area contributed by atoms with Crippen molar-refractivity contribution in [1.29, 1.82) is 10.8 Å². The van der Waals surface area contributed by atoms with Crippen molar-refractivity contribution in [1.82, 2.24) is 0 Å². The third-order valence-corrected chi connectivity index (χ3v) is 2.56. The fraction of sp³-hybridized carbons (Fsp3) is 0.412. The Morgan fingerprint density at radius 1 is 0.737 bits per heavy atom. The van der Waals surface area contributed by atoms with Gasteiger partial charge in [-0.1, -0.05) is 58.0 Å². The Kier molecular flexibility index (Phi) is 11.8. The highest BCUT2D eigenvalue weighted by atomic mass is 14.4. The first-order chi connectivity index (χ1) is 9.04. The summed E-state index contributed by atoms with van der Waals surface area (Å²) in [6, 6.07) is 9.61. The number of nitrogens with one attached hydrogen (secondary N) is 2. The molecule has 0 aromatic heterocycles. The van der Waals surface area contributed by atoms with Crippen LogP contribution >= 0.6 is 0 Å². The van der Waals surface area contributed by atoms with E-state index < -0.39 is 0 Å². The summed E-state index contributed by atoms with van der Waals surface area (Å²) in [5, 5.41) is 15.5. The lowest BCUT2D eigenvalue weighted by molar-refractivity contribution is 1.34. The second kappa shape index (κ2) is 11.4. The van der Waals surface area contributed by atoms with Crippen molar-refractivity contribution in [2.45, 2.75) is 48.5 Å². The Bertz CT molecular complexity index is 414. The van der Waals surface area contributed by atoms with E-state index >= 15 is 0 Å². The van der Waals surface area contributed by atoms with Gasteiger partial charge in [0.25, 0.3) is 0 Å². The fourth-order valence-electron chi connectivity index (χ4n) is 1.29. The Morgan fingerprint density at radius 3 is 1.53 bits per heavy atom. The van der Waals surface area contributed by atoms with Crippen LogP contribution in [0.1, 0.15) is 54.0 Å². The maximum Gasteiger partial charge on any atom is 0.0644 e. The standard InChI is InChI=1S/C13H16N2.2C2H6/c1-9(11(3)14)10(2)13(15)12-7-5-4-6-8-12;2*1-2/h4-8,14-15H,1-3H3;2*1-2H3/b10-9-,14-11?,15-13?;;. The summed E-state index contributed by atoms with van der Waals surface area (Å²) >= 11 is 0. The van der Waals surface area contributed by atoms with Crippen molar-refractivity contribution < 1.29 is 0 Å². The second-order valence-electron chi connectivity index (χ2n) is 3.62. The molecule has 19 heavy (non-hydrogen) atoms. The minimum absolute atomic E-state index is 0.500. The zero-order chi connectivity index (χ0) is 15.4. The summed E-state index contributed by atoms with van der Waals surface area (Å²) in [7, 11) is 0. The van der Waals surface area contributed by atoms with Crippen LogP contribution in [-0.2, 0) is 0 Å². The Morgan fingerprint density at radius 2 is 1.16 bits per heavy atom. The molecule has 0 atom stereocenters. The van der Waals surface area contributed by atoms with Crippen molar-refractivity contribution in [2.75, 3.05) is 0 Å². The fourth-order valence-corrected chi connectivity index (χ4v) is 1.29. The summed E-state index contributed by atoms with van der Waals surface area (Å²) in [5.41, 5.74) is 3.67. The largest absolute Gasteiger partial charge is 0.305 e. The molecule has 0 unspecified atom stereocenters. The number of allylic oxidation sites excluding steroid dienone is 2. The molecule has 0 saturated heterocycles. The molecule has 0 amide bonds. The smallest absolute Gasteiger partial charge is 0.0644 e. The van der Waals surface area contributed by atoms with Crippen LogP contribution in [0.3, 0.4) is 0 Å². The van der Waals surface area contributed by atoms with Gasteiger partial charge >= 0.3 is 0 Å². The van der Waals surface area contributed by atoms with Crippen molar-refractivity contribution in [3.8, 4) is 0 Å². The van der Waals surface area contributed by atoms with E-state index in [1.54, 1.807) is 6.92 Å². The van der Waals surface area contributed by atoms with Gasteiger partial charge in [-0.3, -0.25) is 5.41 Å². The molecule has 2 heteroatoms. The molecule has 0 aliphatic carbocycles. The van der Waals surface area contributed by atoms with E-state index in [0.717, 1.165) is 16.7 Å². The molecule has 0 saturated carbocycles. The van der Waals surface area contributed by atoms with Crippen molar-refractivity contribution in [2.24, 2.45) is 0 Å². The van der Waals surface area contributed by atoms with Gasteiger partial charge in [-0.05, 0) is 37.5 Å². The number of hydrogen-bond donors (Lipinski definition) is 2. The average Bonchev–Trinajstić information content (AvgIpc) is 2.49. The minimum atomic E-state index is 0.500. The molecule has 2 nitrogen and oxygen atoms in total. The topological polar surface area (TPSA) is 47.7 Å². The Labute approximate surface area is 118 Å². The van der Waals surface area contributed by atoms with Gasteiger partial charge in [0.1, 0.15) is 0 Å². The summed E-state index contributed by atoms with van der Waals surface area (Å²) in [6.45, 7) is 13.5. The zero-order valence-electron chi connectivity index (χ0n) is 13.4. The molecular weight excluding hydrogens is 232 g/mol.